The van der Waals surface area contributed by atoms with E-state index in [0.717, 1.165) is 6.07 Å². The topological polar surface area (TPSA) is 89.3 Å². The SMILES string of the molecule is O=[N+]([O-])c1cc(C(F)(F)F)ccc1NS(=O)(=O)Cc1ccccc1. The van der Waals surface area contributed by atoms with Crippen LogP contribution in [0.5, 0.6) is 0 Å². The monoisotopic (exact) mass is 360 g/mol. The molecule has 0 atom stereocenters. The molecule has 0 spiro atoms. The van der Waals surface area contributed by atoms with Crippen LogP contribution < -0.4 is 4.72 Å². The second kappa shape index (κ2) is 6.48. The molecular formula is C14H11F3N2O4S. The summed E-state index contributed by atoms with van der Waals surface area (Å²) in [5.74, 6) is -0.466. The van der Waals surface area contributed by atoms with Crippen LogP contribution in [0.25, 0.3) is 0 Å². The van der Waals surface area contributed by atoms with Crippen molar-refractivity contribution in [2.75, 3.05) is 4.72 Å². The molecule has 2 rings (SSSR count). The summed E-state index contributed by atoms with van der Waals surface area (Å²) in [6.45, 7) is 0. The van der Waals surface area contributed by atoms with Crippen LogP contribution in [-0.4, -0.2) is 13.3 Å². The van der Waals surface area contributed by atoms with Gasteiger partial charge in [-0.05, 0) is 17.7 Å². The molecule has 2 aromatic rings. The van der Waals surface area contributed by atoms with E-state index in [1.807, 2.05) is 4.72 Å². The summed E-state index contributed by atoms with van der Waals surface area (Å²) >= 11 is 0. The van der Waals surface area contributed by atoms with Crippen LogP contribution in [0.3, 0.4) is 0 Å². The van der Waals surface area contributed by atoms with E-state index < -0.39 is 43.8 Å². The van der Waals surface area contributed by atoms with E-state index in [-0.39, 0.29) is 0 Å². The average molecular weight is 360 g/mol. The maximum Gasteiger partial charge on any atom is 0.416 e. The Morgan fingerprint density at radius 2 is 1.71 bits per heavy atom. The Kier molecular flexibility index (Phi) is 4.78. The molecule has 0 bridgehead atoms. The number of anilines is 1. The lowest BCUT2D eigenvalue weighted by atomic mass is 10.1. The standard InChI is InChI=1S/C14H11F3N2O4S/c15-14(16,17)11-6-7-12(13(8-11)19(20)21)18-24(22,23)9-10-4-2-1-3-5-10/h1-8,18H,9H2. The lowest BCUT2D eigenvalue weighted by Gasteiger charge is -2.11. The van der Waals surface area contributed by atoms with Gasteiger partial charge in [-0.25, -0.2) is 8.42 Å². The second-order valence-electron chi connectivity index (χ2n) is 4.83. The summed E-state index contributed by atoms with van der Waals surface area (Å²) in [7, 11) is -4.03. The fourth-order valence-corrected chi connectivity index (χ4v) is 3.15. The summed E-state index contributed by atoms with van der Waals surface area (Å²) in [4.78, 5) is 9.87. The quantitative estimate of drug-likeness (QED) is 0.652. The van der Waals surface area contributed by atoms with Gasteiger partial charge >= 0.3 is 6.18 Å². The molecule has 10 heteroatoms. The Bertz CT molecular complexity index is 852. The van der Waals surface area contributed by atoms with Gasteiger partial charge in [-0.1, -0.05) is 30.3 Å². The molecule has 0 aliphatic heterocycles. The van der Waals surface area contributed by atoms with E-state index >= 15 is 0 Å². The predicted molar refractivity (Wildman–Crippen MR) is 80.8 cm³/mol. The van der Waals surface area contributed by atoms with Crippen LogP contribution in [0.1, 0.15) is 11.1 Å². The van der Waals surface area contributed by atoms with Gasteiger partial charge in [-0.3, -0.25) is 14.8 Å². The van der Waals surface area contributed by atoms with Gasteiger partial charge in [0.05, 0.1) is 16.2 Å². The number of nitro benzene ring substituents is 1. The highest BCUT2D eigenvalue weighted by Crippen LogP contribution is 2.35. The summed E-state index contributed by atoms with van der Waals surface area (Å²) in [5, 5.41) is 10.9. The maximum atomic E-state index is 12.6. The van der Waals surface area contributed by atoms with Crippen molar-refractivity contribution in [2.45, 2.75) is 11.9 Å². The molecule has 0 heterocycles. The summed E-state index contributed by atoms with van der Waals surface area (Å²) in [6, 6.07) is 9.60. The van der Waals surface area contributed by atoms with Crippen molar-refractivity contribution in [3.63, 3.8) is 0 Å². The molecule has 0 aliphatic rings. The first-order valence-corrected chi connectivity index (χ1v) is 8.14. The Balaban J connectivity index is 2.33. The van der Waals surface area contributed by atoms with E-state index in [1.54, 1.807) is 30.3 Å². The number of nitro groups is 1. The van der Waals surface area contributed by atoms with Gasteiger partial charge < -0.3 is 0 Å². The third kappa shape index (κ3) is 4.44. The van der Waals surface area contributed by atoms with Gasteiger partial charge in [0.1, 0.15) is 5.69 Å². The summed E-state index contributed by atoms with van der Waals surface area (Å²) < 4.78 is 64.0. The first kappa shape index (κ1) is 17.7. The smallest absolute Gasteiger partial charge is 0.277 e. The normalized spacial score (nSPS) is 12.0. The van der Waals surface area contributed by atoms with Crippen LogP contribution in [0, 0.1) is 10.1 Å². The molecule has 1 N–H and O–H groups in total. The van der Waals surface area contributed by atoms with Gasteiger partial charge in [0.25, 0.3) is 5.69 Å². The first-order valence-electron chi connectivity index (χ1n) is 6.48. The zero-order valence-electron chi connectivity index (χ0n) is 11.9. The Hall–Kier alpha value is -2.62. The Morgan fingerprint density at radius 3 is 2.25 bits per heavy atom. The number of rotatable bonds is 5. The lowest BCUT2D eigenvalue weighted by Crippen LogP contribution is -2.16. The van der Waals surface area contributed by atoms with Crippen molar-refractivity contribution in [1.82, 2.24) is 0 Å². The highest BCUT2D eigenvalue weighted by Gasteiger charge is 2.33. The molecule has 128 valence electrons. The highest BCUT2D eigenvalue weighted by atomic mass is 32.2. The minimum absolute atomic E-state index is 0.292. The van der Waals surface area contributed by atoms with Crippen molar-refractivity contribution >= 4 is 21.4 Å². The Morgan fingerprint density at radius 1 is 1.08 bits per heavy atom. The first-order chi connectivity index (χ1) is 11.1. The van der Waals surface area contributed by atoms with E-state index in [1.165, 1.54) is 0 Å². The van der Waals surface area contributed by atoms with Crippen LogP contribution in [0.15, 0.2) is 48.5 Å². The van der Waals surface area contributed by atoms with Gasteiger partial charge in [-0.15, -0.1) is 0 Å². The van der Waals surface area contributed by atoms with Crippen molar-refractivity contribution in [3.8, 4) is 0 Å². The van der Waals surface area contributed by atoms with Crippen molar-refractivity contribution in [3.05, 3.63) is 69.8 Å². The van der Waals surface area contributed by atoms with Gasteiger partial charge in [0.2, 0.25) is 10.0 Å². The third-order valence-electron chi connectivity index (χ3n) is 2.99. The molecule has 0 aliphatic carbocycles. The molecule has 0 aromatic heterocycles. The van der Waals surface area contributed by atoms with Gasteiger partial charge in [-0.2, -0.15) is 13.2 Å². The van der Waals surface area contributed by atoms with E-state index in [2.05, 4.69) is 0 Å². The molecule has 0 amide bonds. The molecular weight excluding hydrogens is 349 g/mol. The fraction of sp³-hybridized carbons (Fsp3) is 0.143. The highest BCUT2D eigenvalue weighted by molar-refractivity contribution is 7.91. The average Bonchev–Trinajstić information content (AvgIpc) is 2.46. The molecule has 0 saturated carbocycles. The largest absolute Gasteiger partial charge is 0.416 e. The maximum absolute atomic E-state index is 12.6. The molecule has 0 fully saturated rings. The fourth-order valence-electron chi connectivity index (χ4n) is 1.94. The third-order valence-corrected chi connectivity index (χ3v) is 4.23. The number of nitrogens with one attached hydrogen (secondary N) is 1. The Labute approximate surface area is 135 Å². The second-order valence-corrected chi connectivity index (χ2v) is 6.56. The predicted octanol–water partition coefficient (Wildman–Crippen LogP) is 3.56. The molecule has 0 unspecified atom stereocenters. The van der Waals surface area contributed by atoms with Crippen LogP contribution >= 0.6 is 0 Å². The minimum atomic E-state index is -4.77. The molecule has 6 nitrogen and oxygen atoms in total. The van der Waals surface area contributed by atoms with Crippen LogP contribution in [-0.2, 0) is 22.0 Å². The minimum Gasteiger partial charge on any atom is -0.277 e. The van der Waals surface area contributed by atoms with Crippen LogP contribution in [0.4, 0.5) is 24.5 Å². The van der Waals surface area contributed by atoms with Crippen LogP contribution in [0.2, 0.25) is 0 Å². The summed E-state index contributed by atoms with van der Waals surface area (Å²) in [6.07, 6.45) is -4.77. The zero-order valence-corrected chi connectivity index (χ0v) is 12.8. The lowest BCUT2D eigenvalue weighted by molar-refractivity contribution is -0.384. The van der Waals surface area contributed by atoms with E-state index in [0.29, 0.717) is 17.7 Å². The molecule has 24 heavy (non-hydrogen) atoms. The molecule has 0 radical (unpaired) electrons. The van der Waals surface area contributed by atoms with Gasteiger partial charge in [0.15, 0.2) is 0 Å². The van der Waals surface area contributed by atoms with E-state index in [9.17, 15) is 31.7 Å². The number of nitrogens with zero attached hydrogens (tertiary/aromatic N) is 1. The number of benzene rings is 2. The van der Waals surface area contributed by atoms with Crippen molar-refractivity contribution in [1.29, 1.82) is 0 Å². The zero-order chi connectivity index (χ0) is 18.0. The van der Waals surface area contributed by atoms with E-state index in [4.69, 9.17) is 0 Å². The summed E-state index contributed by atoms with van der Waals surface area (Å²) in [5.41, 5.74) is -2.30. The molecule has 2 aromatic carbocycles. The number of alkyl halides is 3. The van der Waals surface area contributed by atoms with Gasteiger partial charge in [0, 0.05) is 6.07 Å². The number of halogens is 3. The van der Waals surface area contributed by atoms with Crippen molar-refractivity contribution in [2.24, 2.45) is 0 Å². The van der Waals surface area contributed by atoms with Crippen molar-refractivity contribution < 1.29 is 26.5 Å². The number of hydrogen-bond acceptors (Lipinski definition) is 4. The number of hydrogen-bond donors (Lipinski definition) is 1. The molecule has 0 saturated heterocycles. The number of sulfonamides is 1.